The second-order valence-electron chi connectivity index (χ2n) is 7.59. The Bertz CT molecular complexity index is 1250. The Kier molecular flexibility index (Phi) is 7.50. The number of rotatable bonds is 8. The van der Waals surface area contributed by atoms with Crippen molar-refractivity contribution in [1.82, 2.24) is 5.32 Å². The fourth-order valence-electron chi connectivity index (χ4n) is 3.17. The highest BCUT2D eigenvalue weighted by molar-refractivity contribution is 7.92. The number of para-hydroxylation sites is 1. The predicted octanol–water partition coefficient (Wildman–Crippen LogP) is 4.21. The van der Waals surface area contributed by atoms with E-state index in [0.29, 0.717) is 23.5 Å². The van der Waals surface area contributed by atoms with Crippen LogP contribution in [-0.2, 0) is 10.0 Å². The molecule has 3 aromatic rings. The van der Waals surface area contributed by atoms with Crippen molar-refractivity contribution in [3.05, 3.63) is 89.5 Å². The van der Waals surface area contributed by atoms with E-state index in [1.54, 1.807) is 36.4 Å². The summed E-state index contributed by atoms with van der Waals surface area (Å²) in [5, 5.41) is 5.51. The number of anilines is 2. The number of amides is 2. The molecule has 0 bridgehead atoms. The minimum absolute atomic E-state index is 0.00722. The topological polar surface area (TPSA) is 95.6 Å². The summed E-state index contributed by atoms with van der Waals surface area (Å²) in [7, 11) is -2.41. The molecular weight excluding hydrogens is 438 g/mol. The van der Waals surface area contributed by atoms with E-state index in [1.807, 2.05) is 26.0 Å². The monoisotopic (exact) mass is 465 g/mol. The number of carbonyl (C=O) groups is 2. The normalized spacial score (nSPS) is 11.0. The average molecular weight is 466 g/mol. The van der Waals surface area contributed by atoms with Gasteiger partial charge in [0.05, 0.1) is 21.8 Å². The molecule has 0 aliphatic rings. The molecule has 0 fully saturated rings. The Morgan fingerprint density at radius 1 is 0.909 bits per heavy atom. The zero-order valence-electron chi connectivity index (χ0n) is 18.8. The summed E-state index contributed by atoms with van der Waals surface area (Å²) in [6.07, 6.45) is 0.790. The van der Waals surface area contributed by atoms with Crippen molar-refractivity contribution in [2.24, 2.45) is 0 Å². The van der Waals surface area contributed by atoms with Gasteiger partial charge in [-0.05, 0) is 55.8 Å². The van der Waals surface area contributed by atoms with Gasteiger partial charge >= 0.3 is 0 Å². The largest absolute Gasteiger partial charge is 0.352 e. The van der Waals surface area contributed by atoms with Gasteiger partial charge in [-0.25, -0.2) is 8.42 Å². The van der Waals surface area contributed by atoms with Crippen LogP contribution in [0.4, 0.5) is 11.4 Å². The van der Waals surface area contributed by atoms with Crippen molar-refractivity contribution in [3.8, 4) is 0 Å². The van der Waals surface area contributed by atoms with Gasteiger partial charge in [0, 0.05) is 19.2 Å². The minimum Gasteiger partial charge on any atom is -0.352 e. The first kappa shape index (κ1) is 24.0. The number of aryl methyl sites for hydroxylation is 1. The van der Waals surface area contributed by atoms with Gasteiger partial charge in [0.25, 0.3) is 21.8 Å². The first-order valence-corrected chi connectivity index (χ1v) is 12.0. The van der Waals surface area contributed by atoms with Crippen LogP contribution in [0.2, 0.25) is 0 Å². The van der Waals surface area contributed by atoms with Crippen molar-refractivity contribution in [2.75, 3.05) is 23.2 Å². The summed E-state index contributed by atoms with van der Waals surface area (Å²) in [5.41, 5.74) is 2.38. The number of hydrogen-bond acceptors (Lipinski definition) is 4. The molecule has 33 heavy (non-hydrogen) atoms. The molecule has 0 atom stereocenters. The third-order valence-corrected chi connectivity index (χ3v) is 6.89. The molecule has 0 radical (unpaired) electrons. The van der Waals surface area contributed by atoms with Crippen LogP contribution >= 0.6 is 0 Å². The molecule has 7 nitrogen and oxygen atoms in total. The Morgan fingerprint density at radius 3 is 2.30 bits per heavy atom. The second kappa shape index (κ2) is 10.3. The molecule has 3 aromatic carbocycles. The Labute approximate surface area is 194 Å². The summed E-state index contributed by atoms with van der Waals surface area (Å²) >= 11 is 0. The Hall–Kier alpha value is -3.65. The van der Waals surface area contributed by atoms with Crippen LogP contribution in [0.15, 0.2) is 77.7 Å². The van der Waals surface area contributed by atoms with E-state index >= 15 is 0 Å². The van der Waals surface area contributed by atoms with E-state index in [1.165, 1.54) is 35.6 Å². The van der Waals surface area contributed by atoms with Crippen molar-refractivity contribution in [1.29, 1.82) is 0 Å². The second-order valence-corrected chi connectivity index (χ2v) is 9.56. The lowest BCUT2D eigenvalue weighted by Gasteiger charge is -2.20. The lowest BCUT2D eigenvalue weighted by Crippen LogP contribution is -2.27. The van der Waals surface area contributed by atoms with Crippen LogP contribution in [0.3, 0.4) is 0 Å². The van der Waals surface area contributed by atoms with Gasteiger partial charge in [0.1, 0.15) is 0 Å². The van der Waals surface area contributed by atoms with Crippen molar-refractivity contribution >= 4 is 33.2 Å². The number of benzene rings is 3. The first-order valence-electron chi connectivity index (χ1n) is 10.6. The van der Waals surface area contributed by atoms with Crippen molar-refractivity contribution in [3.63, 3.8) is 0 Å². The fraction of sp³-hybridized carbons (Fsp3) is 0.200. The number of carbonyl (C=O) groups excluding carboxylic acids is 2. The summed E-state index contributed by atoms with van der Waals surface area (Å²) in [6.45, 7) is 4.40. The molecule has 3 rings (SSSR count). The number of sulfonamides is 1. The third kappa shape index (κ3) is 5.59. The Morgan fingerprint density at radius 2 is 1.61 bits per heavy atom. The van der Waals surface area contributed by atoms with Crippen LogP contribution in [-0.4, -0.2) is 33.8 Å². The standard InChI is InChI=1S/C25H27N3O4S/c1-4-16-26-25(30)22-10-5-6-11-23(22)27-24(29)19-8-7-9-21(17-19)33(31,32)28(3)20-14-12-18(2)13-15-20/h5-15,17H,4,16H2,1-3H3,(H,26,30)(H,27,29). The van der Waals surface area contributed by atoms with Gasteiger partial charge in [0.15, 0.2) is 0 Å². The average Bonchev–Trinajstić information content (AvgIpc) is 2.83. The molecule has 0 heterocycles. The number of nitrogens with one attached hydrogen (secondary N) is 2. The highest BCUT2D eigenvalue weighted by atomic mass is 32.2. The molecule has 0 unspecified atom stereocenters. The summed E-state index contributed by atoms with van der Waals surface area (Å²) in [4.78, 5) is 25.3. The fourth-order valence-corrected chi connectivity index (χ4v) is 4.41. The number of nitrogens with zero attached hydrogens (tertiary/aromatic N) is 1. The highest BCUT2D eigenvalue weighted by Gasteiger charge is 2.23. The number of hydrogen-bond donors (Lipinski definition) is 2. The van der Waals surface area contributed by atoms with Crippen LogP contribution in [0.1, 0.15) is 39.6 Å². The maximum Gasteiger partial charge on any atom is 0.264 e. The van der Waals surface area contributed by atoms with Crippen LogP contribution in [0.5, 0.6) is 0 Å². The molecule has 172 valence electrons. The molecule has 8 heteroatoms. The van der Waals surface area contributed by atoms with E-state index < -0.39 is 15.9 Å². The van der Waals surface area contributed by atoms with Crippen LogP contribution in [0, 0.1) is 6.92 Å². The van der Waals surface area contributed by atoms with Crippen molar-refractivity contribution < 1.29 is 18.0 Å². The predicted molar refractivity (Wildman–Crippen MR) is 130 cm³/mol. The van der Waals surface area contributed by atoms with E-state index in [0.717, 1.165) is 12.0 Å². The molecule has 2 amide bonds. The maximum absolute atomic E-state index is 13.1. The van der Waals surface area contributed by atoms with Crippen molar-refractivity contribution in [2.45, 2.75) is 25.2 Å². The molecule has 0 spiro atoms. The maximum atomic E-state index is 13.1. The molecule has 0 aliphatic heterocycles. The smallest absolute Gasteiger partial charge is 0.264 e. The van der Waals surface area contributed by atoms with Gasteiger partial charge in [-0.15, -0.1) is 0 Å². The Balaban J connectivity index is 1.85. The van der Waals surface area contributed by atoms with Gasteiger partial charge in [-0.3, -0.25) is 13.9 Å². The van der Waals surface area contributed by atoms with Gasteiger partial charge < -0.3 is 10.6 Å². The molecule has 0 aromatic heterocycles. The molecular formula is C25H27N3O4S. The first-order chi connectivity index (χ1) is 15.7. The van der Waals surface area contributed by atoms with Gasteiger partial charge in [-0.1, -0.05) is 42.8 Å². The third-order valence-electron chi connectivity index (χ3n) is 5.11. The van der Waals surface area contributed by atoms with E-state index in [4.69, 9.17) is 0 Å². The van der Waals surface area contributed by atoms with E-state index in [2.05, 4.69) is 10.6 Å². The molecule has 2 N–H and O–H groups in total. The quantitative estimate of drug-likeness (QED) is 0.521. The van der Waals surface area contributed by atoms with Gasteiger partial charge in [-0.2, -0.15) is 0 Å². The van der Waals surface area contributed by atoms with Gasteiger partial charge in [0.2, 0.25) is 0 Å². The highest BCUT2D eigenvalue weighted by Crippen LogP contribution is 2.24. The molecule has 0 saturated heterocycles. The van der Waals surface area contributed by atoms with E-state index in [-0.39, 0.29) is 16.4 Å². The van der Waals surface area contributed by atoms with E-state index in [9.17, 15) is 18.0 Å². The lowest BCUT2D eigenvalue weighted by atomic mass is 10.1. The summed E-state index contributed by atoms with van der Waals surface area (Å²) in [5.74, 6) is -0.801. The minimum atomic E-state index is -3.88. The molecule has 0 saturated carbocycles. The summed E-state index contributed by atoms with van der Waals surface area (Å²) in [6, 6.07) is 19.6. The SMILES string of the molecule is CCCNC(=O)c1ccccc1NC(=O)c1cccc(S(=O)(=O)N(C)c2ccc(C)cc2)c1. The lowest BCUT2D eigenvalue weighted by molar-refractivity contribution is 0.0954. The van der Waals surface area contributed by atoms with Crippen LogP contribution in [0.25, 0.3) is 0 Å². The molecule has 0 aliphatic carbocycles. The zero-order valence-corrected chi connectivity index (χ0v) is 19.6. The summed E-state index contributed by atoms with van der Waals surface area (Å²) < 4.78 is 27.4. The zero-order chi connectivity index (χ0) is 24.0. The van der Waals surface area contributed by atoms with Crippen LogP contribution < -0.4 is 14.9 Å².